The lowest BCUT2D eigenvalue weighted by Gasteiger charge is -2.20. The van der Waals surface area contributed by atoms with Crippen LogP contribution in [0.2, 0.25) is 0 Å². The van der Waals surface area contributed by atoms with Crippen LogP contribution in [0.4, 0.5) is 4.39 Å². The molecule has 8 nitrogen and oxygen atoms in total. The third-order valence-electron chi connectivity index (χ3n) is 5.44. The predicted octanol–water partition coefficient (Wildman–Crippen LogP) is 5.95. The lowest BCUT2D eigenvalue weighted by molar-refractivity contribution is 0.0694. The molecule has 202 valence electrons. The van der Waals surface area contributed by atoms with Crippen molar-refractivity contribution >= 4 is 16.1 Å². The molecule has 0 aliphatic rings. The molecule has 0 radical (unpaired) electrons. The van der Waals surface area contributed by atoms with Crippen LogP contribution in [0.1, 0.15) is 30.6 Å². The number of carboxylic acid groups (broad SMARTS) is 1. The van der Waals surface area contributed by atoms with Gasteiger partial charge in [-0.15, -0.1) is 0 Å². The predicted molar refractivity (Wildman–Crippen MR) is 142 cm³/mol. The van der Waals surface area contributed by atoms with Crippen LogP contribution in [0.15, 0.2) is 60.2 Å². The van der Waals surface area contributed by atoms with Crippen molar-refractivity contribution in [2.24, 2.45) is 0 Å². The van der Waals surface area contributed by atoms with E-state index in [4.69, 9.17) is 18.4 Å². The van der Waals surface area contributed by atoms with Gasteiger partial charge in [0.25, 0.3) is 0 Å². The van der Waals surface area contributed by atoms with E-state index in [1.54, 1.807) is 12.1 Å². The summed E-state index contributed by atoms with van der Waals surface area (Å²) in [6.45, 7) is 4.18. The molecular formula is C28H29FO8S. The smallest absolute Gasteiger partial charge is 0.340 e. The number of rotatable bonds is 11. The molecule has 3 aromatic rings. The van der Waals surface area contributed by atoms with Gasteiger partial charge in [-0.1, -0.05) is 29.8 Å². The number of ether oxygens (including phenoxy) is 3. The second kappa shape index (κ2) is 12.0. The van der Waals surface area contributed by atoms with Crippen molar-refractivity contribution in [3.63, 3.8) is 0 Å². The molecule has 0 saturated heterocycles. The lowest BCUT2D eigenvalue weighted by atomic mass is 9.92. The molecule has 0 aliphatic carbocycles. The Morgan fingerprint density at radius 1 is 0.947 bits per heavy atom. The van der Waals surface area contributed by atoms with E-state index in [9.17, 15) is 22.7 Å². The summed E-state index contributed by atoms with van der Waals surface area (Å²) in [5.41, 5.74) is 2.20. The maximum absolute atomic E-state index is 13.5. The number of allylic oxidation sites excluding steroid dienone is 1. The molecule has 3 aromatic carbocycles. The van der Waals surface area contributed by atoms with Crippen LogP contribution < -0.4 is 18.4 Å². The fraction of sp³-hybridized carbons (Fsp3) is 0.250. The Morgan fingerprint density at radius 2 is 1.61 bits per heavy atom. The summed E-state index contributed by atoms with van der Waals surface area (Å²) in [7, 11) is -1.24. The second-order valence-corrected chi connectivity index (χ2v) is 10.2. The first-order chi connectivity index (χ1) is 17.9. The van der Waals surface area contributed by atoms with Gasteiger partial charge in [0, 0.05) is 11.1 Å². The van der Waals surface area contributed by atoms with Gasteiger partial charge in [-0.05, 0) is 61.7 Å². The van der Waals surface area contributed by atoms with Gasteiger partial charge in [-0.3, -0.25) is 0 Å². The molecule has 0 amide bonds. The van der Waals surface area contributed by atoms with Crippen molar-refractivity contribution in [2.45, 2.75) is 20.3 Å². The number of hydrogen-bond acceptors (Lipinski definition) is 7. The van der Waals surface area contributed by atoms with Gasteiger partial charge in [-0.2, -0.15) is 8.42 Å². The first-order valence-electron chi connectivity index (χ1n) is 11.5. The van der Waals surface area contributed by atoms with Crippen LogP contribution in [0.3, 0.4) is 0 Å². The minimum absolute atomic E-state index is 0.0209. The van der Waals surface area contributed by atoms with Crippen molar-refractivity contribution in [2.75, 3.05) is 27.1 Å². The molecular weight excluding hydrogens is 515 g/mol. The molecule has 0 heterocycles. The molecule has 0 aromatic heterocycles. The van der Waals surface area contributed by atoms with Gasteiger partial charge in [0.1, 0.15) is 22.9 Å². The third-order valence-corrected chi connectivity index (χ3v) is 5.92. The minimum atomic E-state index is -3.94. The first kappa shape index (κ1) is 28.5. The van der Waals surface area contributed by atoms with Gasteiger partial charge in [0.05, 0.1) is 27.1 Å². The van der Waals surface area contributed by atoms with Crippen molar-refractivity contribution < 1.29 is 41.1 Å². The van der Waals surface area contributed by atoms with Gasteiger partial charge in [0.15, 0.2) is 11.5 Å². The molecule has 0 fully saturated rings. The van der Waals surface area contributed by atoms with E-state index in [2.05, 4.69) is 0 Å². The fourth-order valence-electron chi connectivity index (χ4n) is 3.88. The number of carboxylic acids is 1. The zero-order valence-electron chi connectivity index (χ0n) is 21.7. The van der Waals surface area contributed by atoms with E-state index in [1.807, 2.05) is 19.9 Å². The Morgan fingerprint density at radius 3 is 2.16 bits per heavy atom. The molecule has 0 bridgehead atoms. The van der Waals surface area contributed by atoms with Crippen LogP contribution in [-0.4, -0.2) is 46.6 Å². The van der Waals surface area contributed by atoms with Crippen molar-refractivity contribution in [1.29, 1.82) is 0 Å². The number of hydrogen-bond donors (Lipinski definition) is 1. The molecule has 0 saturated carbocycles. The third kappa shape index (κ3) is 6.83. The quantitative estimate of drug-likeness (QED) is 0.179. The first-order valence-corrected chi connectivity index (χ1v) is 13.3. The van der Waals surface area contributed by atoms with E-state index in [0.29, 0.717) is 23.1 Å². The van der Waals surface area contributed by atoms with E-state index >= 15 is 0 Å². The Bertz CT molecular complexity index is 1460. The number of aromatic carboxylic acids is 1. The fourth-order valence-corrected chi connectivity index (χ4v) is 4.33. The van der Waals surface area contributed by atoms with E-state index < -0.39 is 21.9 Å². The lowest BCUT2D eigenvalue weighted by Crippen LogP contribution is -2.09. The van der Waals surface area contributed by atoms with Crippen molar-refractivity contribution in [3.05, 3.63) is 71.6 Å². The van der Waals surface area contributed by atoms with Gasteiger partial charge in [-0.25, -0.2) is 9.18 Å². The normalized spacial score (nSPS) is 11.0. The van der Waals surface area contributed by atoms with Crippen LogP contribution in [0.5, 0.6) is 23.0 Å². The van der Waals surface area contributed by atoms with Crippen molar-refractivity contribution in [3.8, 4) is 45.3 Å². The number of carbonyl (C=O) groups is 1. The highest BCUT2D eigenvalue weighted by atomic mass is 32.2. The summed E-state index contributed by atoms with van der Waals surface area (Å²) >= 11 is 0. The average Bonchev–Trinajstić information content (AvgIpc) is 2.85. The highest BCUT2D eigenvalue weighted by molar-refractivity contribution is 7.86. The zero-order chi connectivity index (χ0) is 28.0. The maximum atomic E-state index is 13.5. The molecule has 0 spiro atoms. The molecule has 10 heteroatoms. The SMILES string of the molecule is COc1cc(-c2ccc(F)cc2)c(OC)c(C(=O)O)c1-c1ccc(OCCC=C(C)C)c(OS(C)(=O)=O)c1. The topological polar surface area (TPSA) is 108 Å². The standard InChI is InChI=1S/C28H29FO8S/c1-17(2)7-6-14-36-22-13-10-19(15-23(22)37-38(5,32)33)25-24(34-3)16-21(18-8-11-20(29)12-9-18)27(35-4)26(25)28(30)31/h7-13,15-16H,6,14H2,1-5H3,(H,30,31). The Hall–Kier alpha value is -4.05. The average molecular weight is 545 g/mol. The number of methoxy groups -OCH3 is 2. The molecule has 0 atom stereocenters. The van der Waals surface area contributed by atoms with Gasteiger partial charge < -0.3 is 23.5 Å². The Balaban J connectivity index is 2.23. The minimum Gasteiger partial charge on any atom is -0.496 e. The Kier molecular flexibility index (Phi) is 9.00. The zero-order valence-corrected chi connectivity index (χ0v) is 22.5. The van der Waals surface area contributed by atoms with Crippen LogP contribution in [0, 0.1) is 5.82 Å². The van der Waals surface area contributed by atoms with Gasteiger partial charge in [0.2, 0.25) is 0 Å². The summed E-state index contributed by atoms with van der Waals surface area (Å²) < 4.78 is 59.5. The van der Waals surface area contributed by atoms with Crippen LogP contribution >= 0.6 is 0 Å². The molecule has 0 unspecified atom stereocenters. The molecule has 1 N–H and O–H groups in total. The van der Waals surface area contributed by atoms with E-state index in [1.165, 1.54) is 50.6 Å². The maximum Gasteiger partial charge on any atom is 0.340 e. The van der Waals surface area contributed by atoms with Crippen molar-refractivity contribution in [1.82, 2.24) is 0 Å². The molecule has 38 heavy (non-hydrogen) atoms. The summed E-state index contributed by atoms with van der Waals surface area (Å²) in [6.07, 6.45) is 3.47. The number of benzene rings is 3. The van der Waals surface area contributed by atoms with E-state index in [0.717, 1.165) is 11.8 Å². The summed E-state index contributed by atoms with van der Waals surface area (Å²) in [5, 5.41) is 10.2. The largest absolute Gasteiger partial charge is 0.496 e. The molecule has 0 aliphatic heterocycles. The highest BCUT2D eigenvalue weighted by Gasteiger charge is 2.27. The monoisotopic (exact) mass is 544 g/mol. The van der Waals surface area contributed by atoms with E-state index in [-0.39, 0.29) is 40.7 Å². The second-order valence-electron chi connectivity index (χ2n) is 8.59. The summed E-state index contributed by atoms with van der Waals surface area (Å²) in [5.74, 6) is -1.50. The van der Waals surface area contributed by atoms with Gasteiger partial charge >= 0.3 is 16.1 Å². The summed E-state index contributed by atoms with van der Waals surface area (Å²) in [6, 6.07) is 11.5. The van der Waals surface area contributed by atoms with Crippen LogP contribution in [-0.2, 0) is 10.1 Å². The summed E-state index contributed by atoms with van der Waals surface area (Å²) in [4.78, 5) is 12.5. The molecule has 3 rings (SSSR count). The highest BCUT2D eigenvalue weighted by Crippen LogP contribution is 2.46. The Labute approximate surface area is 221 Å². The van der Waals surface area contributed by atoms with Crippen LogP contribution in [0.25, 0.3) is 22.3 Å². The number of halogens is 1.